The van der Waals surface area contributed by atoms with Gasteiger partial charge < -0.3 is 14.3 Å². The minimum Gasteiger partial charge on any atom is -0.484 e. The molecule has 2 rings (SSSR count). The van der Waals surface area contributed by atoms with E-state index in [1.54, 1.807) is 12.1 Å². The molecule has 2 aromatic rings. The van der Waals surface area contributed by atoms with Crippen LogP contribution in [-0.2, 0) is 6.61 Å². The Balaban J connectivity index is 2.11. The highest BCUT2D eigenvalue weighted by atomic mass is 35.5. The average Bonchev–Trinajstić information content (AvgIpc) is 2.76. The fourth-order valence-corrected chi connectivity index (χ4v) is 1.80. The van der Waals surface area contributed by atoms with E-state index >= 15 is 0 Å². The third kappa shape index (κ3) is 2.65. The van der Waals surface area contributed by atoms with E-state index in [0.29, 0.717) is 10.8 Å². The summed E-state index contributed by atoms with van der Waals surface area (Å²) in [6.45, 7) is 1.95. The first-order valence-corrected chi connectivity index (χ1v) is 5.64. The molecule has 1 heterocycles. The van der Waals surface area contributed by atoms with E-state index < -0.39 is 5.97 Å². The molecule has 4 nitrogen and oxygen atoms in total. The number of carboxylic acid groups (broad SMARTS) is 1. The smallest absolute Gasteiger partial charge is 0.339 e. The Bertz CT molecular complexity index is 574. The summed E-state index contributed by atoms with van der Waals surface area (Å²) in [6, 6.07) is 6.76. The van der Waals surface area contributed by atoms with Crippen molar-refractivity contribution in [2.45, 2.75) is 13.5 Å². The van der Waals surface area contributed by atoms with Crippen molar-refractivity contribution in [3.63, 3.8) is 0 Å². The summed E-state index contributed by atoms with van der Waals surface area (Å²) >= 11 is 6.00. The molecule has 1 aromatic carbocycles. The first kappa shape index (κ1) is 12.5. The average molecular weight is 267 g/mol. The van der Waals surface area contributed by atoms with Crippen LogP contribution in [0.2, 0.25) is 5.02 Å². The monoisotopic (exact) mass is 266 g/mol. The second-order valence-corrected chi connectivity index (χ2v) is 4.19. The van der Waals surface area contributed by atoms with Crippen LogP contribution in [0.1, 0.15) is 21.7 Å². The van der Waals surface area contributed by atoms with Gasteiger partial charge in [0.25, 0.3) is 0 Å². The van der Waals surface area contributed by atoms with Gasteiger partial charge in [0.05, 0.1) is 11.3 Å². The number of hydrogen-bond acceptors (Lipinski definition) is 3. The molecule has 0 aliphatic carbocycles. The Kier molecular flexibility index (Phi) is 3.58. The predicted octanol–water partition coefficient (Wildman–Crippen LogP) is 3.52. The molecule has 1 aromatic heterocycles. The van der Waals surface area contributed by atoms with Crippen LogP contribution in [0.4, 0.5) is 0 Å². The van der Waals surface area contributed by atoms with Gasteiger partial charge in [-0.25, -0.2) is 4.79 Å². The Hall–Kier alpha value is -1.94. The highest BCUT2D eigenvalue weighted by Gasteiger charge is 2.14. The van der Waals surface area contributed by atoms with Crippen molar-refractivity contribution in [1.82, 2.24) is 0 Å². The number of aryl methyl sites for hydroxylation is 1. The maximum absolute atomic E-state index is 10.9. The number of furan rings is 1. The summed E-state index contributed by atoms with van der Waals surface area (Å²) in [4.78, 5) is 10.9. The molecule has 0 saturated carbocycles. The lowest BCUT2D eigenvalue weighted by molar-refractivity contribution is 0.0692. The van der Waals surface area contributed by atoms with Crippen molar-refractivity contribution < 1.29 is 19.1 Å². The second-order valence-electron chi connectivity index (χ2n) is 3.79. The lowest BCUT2D eigenvalue weighted by Crippen LogP contribution is -2.02. The van der Waals surface area contributed by atoms with Crippen LogP contribution in [0.15, 0.2) is 34.9 Å². The summed E-state index contributed by atoms with van der Waals surface area (Å²) in [5.41, 5.74) is 1.12. The molecule has 0 bridgehead atoms. The lowest BCUT2D eigenvalue weighted by atomic mass is 10.2. The van der Waals surface area contributed by atoms with Gasteiger partial charge in [0.15, 0.2) is 5.76 Å². The van der Waals surface area contributed by atoms with Gasteiger partial charge in [-0.1, -0.05) is 17.7 Å². The number of carbonyl (C=O) groups is 1. The van der Waals surface area contributed by atoms with E-state index in [9.17, 15) is 4.79 Å². The summed E-state index contributed by atoms with van der Waals surface area (Å²) in [5.74, 6) is -0.286. The number of aromatic carboxylic acids is 1. The third-order valence-corrected chi connectivity index (χ3v) is 2.72. The number of benzene rings is 1. The zero-order valence-electron chi connectivity index (χ0n) is 9.64. The fourth-order valence-electron chi connectivity index (χ4n) is 1.51. The van der Waals surface area contributed by atoms with Crippen LogP contribution in [0.25, 0.3) is 0 Å². The zero-order valence-corrected chi connectivity index (χ0v) is 10.4. The van der Waals surface area contributed by atoms with E-state index in [1.165, 1.54) is 12.3 Å². The first-order chi connectivity index (χ1) is 8.58. The number of ether oxygens (including phenoxy) is 1. The third-order valence-electron chi connectivity index (χ3n) is 2.42. The Morgan fingerprint density at radius 3 is 2.89 bits per heavy atom. The van der Waals surface area contributed by atoms with Crippen molar-refractivity contribution in [2.24, 2.45) is 0 Å². The lowest BCUT2D eigenvalue weighted by Gasteiger charge is -2.07. The Morgan fingerprint density at radius 1 is 1.44 bits per heavy atom. The summed E-state index contributed by atoms with van der Waals surface area (Å²) < 4.78 is 10.5. The largest absolute Gasteiger partial charge is 0.484 e. The van der Waals surface area contributed by atoms with Crippen molar-refractivity contribution >= 4 is 17.6 Å². The van der Waals surface area contributed by atoms with Crippen LogP contribution in [-0.4, -0.2) is 11.1 Å². The molecule has 18 heavy (non-hydrogen) atoms. The molecule has 1 N–H and O–H groups in total. The summed E-state index contributed by atoms with van der Waals surface area (Å²) in [5, 5.41) is 9.39. The van der Waals surface area contributed by atoms with Gasteiger partial charge in [-0.15, -0.1) is 0 Å². The van der Waals surface area contributed by atoms with Crippen LogP contribution in [0.5, 0.6) is 5.75 Å². The van der Waals surface area contributed by atoms with Gasteiger partial charge in [-0.3, -0.25) is 0 Å². The number of halogens is 1. The van der Waals surface area contributed by atoms with Gasteiger partial charge in [0, 0.05) is 0 Å². The van der Waals surface area contributed by atoms with Crippen LogP contribution in [0, 0.1) is 6.92 Å². The van der Waals surface area contributed by atoms with Gasteiger partial charge in [-0.2, -0.15) is 0 Å². The van der Waals surface area contributed by atoms with Gasteiger partial charge in [0.1, 0.15) is 17.9 Å². The molecule has 94 valence electrons. The fraction of sp³-hybridized carbons (Fsp3) is 0.154. The molecule has 0 fully saturated rings. The summed E-state index contributed by atoms with van der Waals surface area (Å²) in [7, 11) is 0. The molecular weight excluding hydrogens is 256 g/mol. The standard InChI is InChI=1S/C13H11ClO4/c1-8-2-3-11(10(14)6-8)18-7-12-9(13(15)16)4-5-17-12/h2-6H,7H2,1H3,(H,15,16). The highest BCUT2D eigenvalue weighted by Crippen LogP contribution is 2.26. The zero-order chi connectivity index (χ0) is 13.1. The van der Waals surface area contributed by atoms with Crippen molar-refractivity contribution in [2.75, 3.05) is 0 Å². The molecule has 0 aliphatic heterocycles. The van der Waals surface area contributed by atoms with Crippen molar-refractivity contribution in [3.8, 4) is 5.75 Å². The maximum Gasteiger partial charge on any atom is 0.339 e. The number of rotatable bonds is 4. The Labute approximate surface area is 109 Å². The van der Waals surface area contributed by atoms with Crippen LogP contribution >= 0.6 is 11.6 Å². The Morgan fingerprint density at radius 2 is 2.22 bits per heavy atom. The number of carboxylic acids is 1. The minimum absolute atomic E-state index is 0.0252. The molecule has 5 heteroatoms. The summed E-state index contributed by atoms with van der Waals surface area (Å²) in [6.07, 6.45) is 1.32. The second kappa shape index (κ2) is 5.14. The first-order valence-electron chi connectivity index (χ1n) is 5.26. The quantitative estimate of drug-likeness (QED) is 0.920. The van der Waals surface area contributed by atoms with E-state index in [4.69, 9.17) is 25.9 Å². The van der Waals surface area contributed by atoms with E-state index in [1.807, 2.05) is 13.0 Å². The van der Waals surface area contributed by atoms with Crippen molar-refractivity contribution in [1.29, 1.82) is 0 Å². The molecule has 0 unspecified atom stereocenters. The number of hydrogen-bond donors (Lipinski definition) is 1. The minimum atomic E-state index is -1.04. The maximum atomic E-state index is 10.9. The van der Waals surface area contributed by atoms with Crippen molar-refractivity contribution in [3.05, 3.63) is 52.4 Å². The van der Waals surface area contributed by atoms with Gasteiger partial charge in [-0.05, 0) is 30.7 Å². The SMILES string of the molecule is Cc1ccc(OCc2occc2C(=O)O)c(Cl)c1. The molecule has 0 radical (unpaired) electrons. The van der Waals surface area contributed by atoms with Gasteiger partial charge >= 0.3 is 5.97 Å². The molecule has 0 saturated heterocycles. The highest BCUT2D eigenvalue weighted by molar-refractivity contribution is 6.32. The van der Waals surface area contributed by atoms with Crippen LogP contribution in [0.3, 0.4) is 0 Å². The molecule has 0 atom stereocenters. The van der Waals surface area contributed by atoms with E-state index in [2.05, 4.69) is 0 Å². The molecular formula is C13H11ClO4. The van der Waals surface area contributed by atoms with E-state index in [-0.39, 0.29) is 17.9 Å². The van der Waals surface area contributed by atoms with Crippen LogP contribution < -0.4 is 4.74 Å². The van der Waals surface area contributed by atoms with E-state index in [0.717, 1.165) is 5.56 Å². The molecule has 0 aliphatic rings. The topological polar surface area (TPSA) is 59.7 Å². The molecule has 0 amide bonds. The predicted molar refractivity (Wildman–Crippen MR) is 66.2 cm³/mol. The normalized spacial score (nSPS) is 10.3. The molecule has 0 spiro atoms. The van der Waals surface area contributed by atoms with Gasteiger partial charge in [0.2, 0.25) is 0 Å².